The largest absolute Gasteiger partial charge is 0.393 e. The Bertz CT molecular complexity index is 239. The van der Waals surface area contributed by atoms with Gasteiger partial charge in [0.15, 0.2) is 0 Å². The van der Waals surface area contributed by atoms with E-state index in [1.807, 2.05) is 0 Å². The van der Waals surface area contributed by atoms with Crippen LogP contribution in [-0.2, 0) is 0 Å². The summed E-state index contributed by atoms with van der Waals surface area (Å²) in [6.07, 6.45) is 10.4. The van der Waals surface area contributed by atoms with E-state index >= 15 is 0 Å². The van der Waals surface area contributed by atoms with Crippen LogP contribution in [0.4, 0.5) is 0 Å². The van der Waals surface area contributed by atoms with Gasteiger partial charge in [-0.3, -0.25) is 0 Å². The maximum absolute atomic E-state index is 10.2. The third kappa shape index (κ3) is 3.96. The first-order chi connectivity index (χ1) is 8.69. The molecular weight excluding hydrogens is 222 g/mol. The van der Waals surface area contributed by atoms with E-state index < -0.39 is 0 Å². The third-order valence-corrected chi connectivity index (χ3v) is 5.09. The highest BCUT2D eigenvalue weighted by Gasteiger charge is 2.30. The zero-order chi connectivity index (χ0) is 13.0. The van der Waals surface area contributed by atoms with E-state index in [4.69, 9.17) is 0 Å². The van der Waals surface area contributed by atoms with Crippen LogP contribution in [0.3, 0.4) is 0 Å². The first-order valence-corrected chi connectivity index (χ1v) is 8.05. The Morgan fingerprint density at radius 1 is 1.06 bits per heavy atom. The van der Waals surface area contributed by atoms with Crippen molar-refractivity contribution in [2.24, 2.45) is 17.8 Å². The van der Waals surface area contributed by atoms with Gasteiger partial charge in [0.1, 0.15) is 0 Å². The van der Waals surface area contributed by atoms with Gasteiger partial charge in [0.2, 0.25) is 0 Å². The van der Waals surface area contributed by atoms with Gasteiger partial charge in [-0.1, -0.05) is 26.2 Å². The number of aliphatic hydroxyl groups is 1. The molecule has 0 amide bonds. The normalized spacial score (nSPS) is 33.7. The summed E-state index contributed by atoms with van der Waals surface area (Å²) >= 11 is 0. The Morgan fingerprint density at radius 3 is 2.44 bits per heavy atom. The average Bonchev–Trinajstić information content (AvgIpc) is 2.29. The van der Waals surface area contributed by atoms with Crippen molar-refractivity contribution in [3.63, 3.8) is 0 Å². The standard InChI is InChI=1S/C16H31NO/c1-3-5-13-8-9-16(18)15(10-13)12-17(2)11-14-6-4-7-14/h13-16,18H,3-12H2,1-2H3. The second kappa shape index (κ2) is 6.91. The van der Waals surface area contributed by atoms with Crippen molar-refractivity contribution in [3.8, 4) is 0 Å². The van der Waals surface area contributed by atoms with Crippen molar-refractivity contribution in [3.05, 3.63) is 0 Å². The Kier molecular flexibility index (Phi) is 5.50. The summed E-state index contributed by atoms with van der Waals surface area (Å²) in [5.41, 5.74) is 0. The topological polar surface area (TPSA) is 23.5 Å². The van der Waals surface area contributed by atoms with Gasteiger partial charge in [-0.15, -0.1) is 0 Å². The smallest absolute Gasteiger partial charge is 0.0580 e. The summed E-state index contributed by atoms with van der Waals surface area (Å²) in [4.78, 5) is 2.48. The molecule has 0 radical (unpaired) electrons. The summed E-state index contributed by atoms with van der Waals surface area (Å²) in [6, 6.07) is 0. The maximum atomic E-state index is 10.2. The number of hydrogen-bond acceptors (Lipinski definition) is 2. The first kappa shape index (κ1) is 14.3. The Labute approximate surface area is 113 Å². The van der Waals surface area contributed by atoms with Crippen molar-refractivity contribution in [2.45, 2.75) is 64.4 Å². The molecule has 106 valence electrons. The fraction of sp³-hybridized carbons (Fsp3) is 1.00. The molecule has 3 atom stereocenters. The van der Waals surface area contributed by atoms with E-state index in [2.05, 4.69) is 18.9 Å². The Morgan fingerprint density at radius 2 is 1.83 bits per heavy atom. The molecule has 2 rings (SSSR count). The SMILES string of the molecule is CCCC1CCC(O)C(CN(C)CC2CCC2)C1. The second-order valence-electron chi connectivity index (χ2n) is 6.81. The van der Waals surface area contributed by atoms with E-state index in [0.717, 1.165) is 24.8 Å². The van der Waals surface area contributed by atoms with Crippen LogP contribution in [0.25, 0.3) is 0 Å². The summed E-state index contributed by atoms with van der Waals surface area (Å²) in [5, 5.41) is 10.2. The highest BCUT2D eigenvalue weighted by Crippen LogP contribution is 2.33. The molecule has 0 aromatic heterocycles. The van der Waals surface area contributed by atoms with Crippen LogP contribution in [0.5, 0.6) is 0 Å². The molecule has 0 spiro atoms. The van der Waals surface area contributed by atoms with Crippen LogP contribution in [0, 0.1) is 17.8 Å². The summed E-state index contributed by atoms with van der Waals surface area (Å²) in [7, 11) is 2.24. The minimum absolute atomic E-state index is 0.0399. The number of rotatable bonds is 6. The van der Waals surface area contributed by atoms with Gasteiger partial charge in [-0.25, -0.2) is 0 Å². The lowest BCUT2D eigenvalue weighted by atomic mass is 9.77. The molecule has 18 heavy (non-hydrogen) atoms. The van der Waals surface area contributed by atoms with Crippen molar-refractivity contribution in [1.82, 2.24) is 4.90 Å². The third-order valence-electron chi connectivity index (χ3n) is 5.09. The molecular formula is C16H31NO. The molecule has 0 aliphatic heterocycles. The maximum Gasteiger partial charge on any atom is 0.0580 e. The zero-order valence-corrected chi connectivity index (χ0v) is 12.3. The van der Waals surface area contributed by atoms with Gasteiger partial charge in [0, 0.05) is 13.1 Å². The Balaban J connectivity index is 1.74. The van der Waals surface area contributed by atoms with Crippen LogP contribution in [0.2, 0.25) is 0 Å². The van der Waals surface area contributed by atoms with Crippen molar-refractivity contribution < 1.29 is 5.11 Å². The molecule has 0 saturated heterocycles. The fourth-order valence-corrected chi connectivity index (χ4v) is 3.80. The van der Waals surface area contributed by atoms with Gasteiger partial charge in [0.05, 0.1) is 6.10 Å². The van der Waals surface area contributed by atoms with Crippen LogP contribution >= 0.6 is 0 Å². The fourth-order valence-electron chi connectivity index (χ4n) is 3.80. The first-order valence-electron chi connectivity index (χ1n) is 8.05. The molecule has 3 unspecified atom stereocenters. The van der Waals surface area contributed by atoms with E-state index in [9.17, 15) is 5.11 Å². The predicted octanol–water partition coefficient (Wildman–Crippen LogP) is 3.30. The van der Waals surface area contributed by atoms with Gasteiger partial charge < -0.3 is 10.0 Å². The van der Waals surface area contributed by atoms with Gasteiger partial charge in [-0.05, 0) is 56.9 Å². The minimum Gasteiger partial charge on any atom is -0.393 e. The van der Waals surface area contributed by atoms with E-state index in [-0.39, 0.29) is 6.10 Å². The summed E-state index contributed by atoms with van der Waals surface area (Å²) < 4.78 is 0. The molecule has 1 N–H and O–H groups in total. The summed E-state index contributed by atoms with van der Waals surface area (Å²) in [6.45, 7) is 4.64. The zero-order valence-electron chi connectivity index (χ0n) is 12.3. The van der Waals surface area contributed by atoms with E-state index in [1.54, 1.807) is 0 Å². The van der Waals surface area contributed by atoms with Gasteiger partial charge >= 0.3 is 0 Å². The lowest BCUT2D eigenvalue weighted by Gasteiger charge is -2.37. The van der Waals surface area contributed by atoms with E-state index in [1.165, 1.54) is 51.5 Å². The molecule has 2 aliphatic rings. The quantitative estimate of drug-likeness (QED) is 0.785. The highest BCUT2D eigenvalue weighted by molar-refractivity contribution is 4.82. The molecule has 0 heterocycles. The molecule has 2 aliphatic carbocycles. The number of hydrogen-bond donors (Lipinski definition) is 1. The predicted molar refractivity (Wildman–Crippen MR) is 76.6 cm³/mol. The highest BCUT2D eigenvalue weighted by atomic mass is 16.3. The van der Waals surface area contributed by atoms with Crippen molar-refractivity contribution in [2.75, 3.05) is 20.1 Å². The van der Waals surface area contributed by atoms with E-state index in [0.29, 0.717) is 5.92 Å². The van der Waals surface area contributed by atoms with Crippen LogP contribution in [0.1, 0.15) is 58.3 Å². The van der Waals surface area contributed by atoms with Crippen molar-refractivity contribution in [1.29, 1.82) is 0 Å². The molecule has 2 heteroatoms. The lowest BCUT2D eigenvalue weighted by Crippen LogP contribution is -2.39. The average molecular weight is 253 g/mol. The summed E-state index contributed by atoms with van der Waals surface area (Å²) in [5.74, 6) is 2.35. The molecule has 0 aromatic rings. The van der Waals surface area contributed by atoms with Crippen LogP contribution in [-0.4, -0.2) is 36.2 Å². The number of aliphatic hydroxyl groups excluding tert-OH is 1. The number of nitrogens with zero attached hydrogens (tertiary/aromatic N) is 1. The Hall–Kier alpha value is -0.0800. The monoisotopic (exact) mass is 253 g/mol. The minimum atomic E-state index is -0.0399. The van der Waals surface area contributed by atoms with Crippen LogP contribution < -0.4 is 0 Å². The molecule has 2 fully saturated rings. The van der Waals surface area contributed by atoms with Crippen LogP contribution in [0.15, 0.2) is 0 Å². The van der Waals surface area contributed by atoms with Gasteiger partial charge in [0.25, 0.3) is 0 Å². The molecule has 0 bridgehead atoms. The molecule has 0 aromatic carbocycles. The molecule has 2 saturated carbocycles. The van der Waals surface area contributed by atoms with Crippen molar-refractivity contribution >= 4 is 0 Å². The second-order valence-corrected chi connectivity index (χ2v) is 6.81. The molecule has 2 nitrogen and oxygen atoms in total. The lowest BCUT2D eigenvalue weighted by molar-refractivity contribution is 0.0255. The van der Waals surface area contributed by atoms with Gasteiger partial charge in [-0.2, -0.15) is 0 Å².